The van der Waals surface area contributed by atoms with Crippen LogP contribution in [0.2, 0.25) is 0 Å². The molecule has 1 N–H and O–H groups in total. The van der Waals surface area contributed by atoms with Crippen molar-refractivity contribution in [3.63, 3.8) is 0 Å². The minimum atomic E-state index is -0.141. The highest BCUT2D eigenvalue weighted by Gasteiger charge is 2.22. The maximum absolute atomic E-state index is 13.0. The Morgan fingerprint density at radius 3 is 2.62 bits per heavy atom. The van der Waals surface area contributed by atoms with Gasteiger partial charge in [-0.25, -0.2) is 0 Å². The number of furan rings is 1. The van der Waals surface area contributed by atoms with Gasteiger partial charge < -0.3 is 19.2 Å². The van der Waals surface area contributed by atoms with Gasteiger partial charge in [-0.15, -0.1) is 10.2 Å². The first-order valence-electron chi connectivity index (χ1n) is 11.7. The minimum absolute atomic E-state index is 0.0607. The van der Waals surface area contributed by atoms with Crippen molar-refractivity contribution in [1.82, 2.24) is 20.1 Å². The van der Waals surface area contributed by atoms with E-state index in [1.807, 2.05) is 34.9 Å². The summed E-state index contributed by atoms with van der Waals surface area (Å²) in [5.41, 5.74) is 1.00. The van der Waals surface area contributed by atoms with Crippen LogP contribution in [0.25, 0.3) is 0 Å². The Morgan fingerprint density at radius 1 is 1.12 bits per heavy atom. The third-order valence-corrected chi connectivity index (χ3v) is 6.57. The van der Waals surface area contributed by atoms with Crippen LogP contribution in [0.5, 0.6) is 11.5 Å². The van der Waals surface area contributed by atoms with Crippen LogP contribution in [0.15, 0.2) is 46.2 Å². The normalized spacial score (nSPS) is 14.3. The van der Waals surface area contributed by atoms with Gasteiger partial charge in [0.25, 0.3) is 0 Å². The zero-order chi connectivity index (χ0) is 24.1. The number of rotatable bonds is 9. The van der Waals surface area contributed by atoms with Crippen LogP contribution in [0.1, 0.15) is 63.2 Å². The average molecular weight is 485 g/mol. The summed E-state index contributed by atoms with van der Waals surface area (Å²) >= 11 is 1.38. The summed E-state index contributed by atoms with van der Waals surface area (Å²) in [4.78, 5) is 13.0. The highest BCUT2D eigenvalue weighted by atomic mass is 32.2. The van der Waals surface area contributed by atoms with E-state index < -0.39 is 0 Å². The highest BCUT2D eigenvalue weighted by Crippen LogP contribution is 2.34. The number of amides is 1. The molecule has 0 spiro atoms. The van der Waals surface area contributed by atoms with E-state index in [4.69, 9.17) is 13.9 Å². The number of carbonyl (C=O) groups is 1. The smallest absolute Gasteiger partial charge is 0.230 e. The third-order valence-electron chi connectivity index (χ3n) is 5.60. The summed E-state index contributed by atoms with van der Waals surface area (Å²) in [6.07, 6.45) is 2.51. The molecule has 3 aromatic rings. The first-order valence-corrected chi connectivity index (χ1v) is 12.7. The van der Waals surface area contributed by atoms with E-state index in [0.717, 1.165) is 35.1 Å². The topological polar surface area (TPSA) is 91.4 Å². The molecule has 0 bridgehead atoms. The molecule has 34 heavy (non-hydrogen) atoms. The summed E-state index contributed by atoms with van der Waals surface area (Å²) < 4.78 is 19.1. The first-order chi connectivity index (χ1) is 16.4. The Balaban J connectivity index is 1.44. The van der Waals surface area contributed by atoms with Gasteiger partial charge in [0.2, 0.25) is 5.91 Å². The predicted molar refractivity (Wildman–Crippen MR) is 130 cm³/mol. The number of carbonyl (C=O) groups excluding carboxylic acids is 1. The van der Waals surface area contributed by atoms with Gasteiger partial charge >= 0.3 is 0 Å². The van der Waals surface area contributed by atoms with Crippen molar-refractivity contribution in [1.29, 1.82) is 0 Å². The Hall–Kier alpha value is -2.94. The van der Waals surface area contributed by atoms with E-state index in [2.05, 4.69) is 43.2 Å². The average Bonchev–Trinajstić information content (AvgIpc) is 3.40. The van der Waals surface area contributed by atoms with Gasteiger partial charge in [-0.3, -0.25) is 9.36 Å². The number of thioether (sulfide) groups is 1. The molecule has 0 fully saturated rings. The first kappa shape index (κ1) is 24.2. The Bertz CT molecular complexity index is 1090. The van der Waals surface area contributed by atoms with Crippen molar-refractivity contribution >= 4 is 17.7 Å². The number of benzene rings is 1. The SMILES string of the molecule is CC(C)c1nnc(SCC(=O)NC(c2ccc3c(c2)OCCCO3)C(C)C)n1Cc1ccco1. The number of aromatic nitrogens is 3. The summed E-state index contributed by atoms with van der Waals surface area (Å²) in [5.74, 6) is 3.76. The number of nitrogens with one attached hydrogen (secondary N) is 1. The zero-order valence-electron chi connectivity index (χ0n) is 20.1. The number of hydrogen-bond acceptors (Lipinski definition) is 7. The molecule has 1 aliphatic rings. The molecule has 1 aromatic carbocycles. The van der Waals surface area contributed by atoms with Crippen LogP contribution >= 0.6 is 11.8 Å². The number of ether oxygens (including phenoxy) is 2. The number of hydrogen-bond donors (Lipinski definition) is 1. The number of fused-ring (bicyclic) bond motifs is 1. The molecule has 0 saturated heterocycles. The van der Waals surface area contributed by atoms with E-state index in [9.17, 15) is 4.79 Å². The molecule has 1 unspecified atom stereocenters. The second-order valence-electron chi connectivity index (χ2n) is 9.00. The summed E-state index contributed by atoms with van der Waals surface area (Å²) in [5, 5.41) is 12.6. The van der Waals surface area contributed by atoms with Crippen LogP contribution in [-0.4, -0.2) is 39.6 Å². The summed E-state index contributed by atoms with van der Waals surface area (Å²) in [6, 6.07) is 9.55. The van der Waals surface area contributed by atoms with E-state index in [1.165, 1.54) is 11.8 Å². The molecule has 4 rings (SSSR count). The fraction of sp³-hybridized carbons (Fsp3) is 0.480. The second kappa shape index (κ2) is 11.0. The summed E-state index contributed by atoms with van der Waals surface area (Å²) in [7, 11) is 0. The molecule has 0 aliphatic carbocycles. The molecule has 0 radical (unpaired) electrons. The molecule has 1 amide bonds. The van der Waals surface area contributed by atoms with E-state index in [1.54, 1.807) is 6.26 Å². The lowest BCUT2D eigenvalue weighted by Crippen LogP contribution is -2.33. The fourth-order valence-electron chi connectivity index (χ4n) is 3.89. The second-order valence-corrected chi connectivity index (χ2v) is 9.94. The van der Waals surface area contributed by atoms with E-state index in [-0.39, 0.29) is 29.5 Å². The van der Waals surface area contributed by atoms with Crippen LogP contribution in [0.3, 0.4) is 0 Å². The van der Waals surface area contributed by atoms with E-state index >= 15 is 0 Å². The molecule has 1 atom stereocenters. The van der Waals surface area contributed by atoms with Crippen molar-refractivity contribution in [2.75, 3.05) is 19.0 Å². The molecular weight excluding hydrogens is 452 g/mol. The Morgan fingerprint density at radius 2 is 1.91 bits per heavy atom. The lowest BCUT2D eigenvalue weighted by molar-refractivity contribution is -0.119. The lowest BCUT2D eigenvalue weighted by Gasteiger charge is -2.24. The van der Waals surface area contributed by atoms with Gasteiger partial charge in [0.05, 0.1) is 37.8 Å². The summed E-state index contributed by atoms with van der Waals surface area (Å²) in [6.45, 7) is 10.1. The van der Waals surface area contributed by atoms with Crippen molar-refractivity contribution in [3.8, 4) is 11.5 Å². The lowest BCUT2D eigenvalue weighted by atomic mass is 9.95. The van der Waals surface area contributed by atoms with Crippen LogP contribution in [0.4, 0.5) is 0 Å². The van der Waals surface area contributed by atoms with Gasteiger partial charge in [0, 0.05) is 12.3 Å². The molecule has 182 valence electrons. The monoisotopic (exact) mass is 484 g/mol. The van der Waals surface area contributed by atoms with Gasteiger partial charge in [-0.1, -0.05) is 45.5 Å². The van der Waals surface area contributed by atoms with Crippen molar-refractivity contribution in [2.24, 2.45) is 5.92 Å². The number of nitrogens with zero attached hydrogens (tertiary/aromatic N) is 3. The standard InChI is InChI=1S/C25H32N4O4S/c1-16(2)23(18-8-9-20-21(13-18)33-12-6-11-32-20)26-22(30)15-34-25-28-27-24(17(3)4)29(25)14-19-7-5-10-31-19/h5,7-10,13,16-17,23H,6,11-12,14-15H2,1-4H3,(H,26,30). The van der Waals surface area contributed by atoms with Crippen molar-refractivity contribution in [2.45, 2.75) is 57.8 Å². The molecular formula is C25H32N4O4S. The largest absolute Gasteiger partial charge is 0.490 e. The Labute approximate surface area is 204 Å². The van der Waals surface area contributed by atoms with Gasteiger partial charge in [0.1, 0.15) is 11.6 Å². The van der Waals surface area contributed by atoms with E-state index in [0.29, 0.717) is 24.9 Å². The van der Waals surface area contributed by atoms with Crippen LogP contribution in [0, 0.1) is 5.92 Å². The highest BCUT2D eigenvalue weighted by molar-refractivity contribution is 7.99. The predicted octanol–water partition coefficient (Wildman–Crippen LogP) is 4.81. The molecule has 9 heteroatoms. The van der Waals surface area contributed by atoms with Crippen LogP contribution < -0.4 is 14.8 Å². The minimum Gasteiger partial charge on any atom is -0.490 e. The van der Waals surface area contributed by atoms with Gasteiger partial charge in [0.15, 0.2) is 16.7 Å². The van der Waals surface area contributed by atoms with Gasteiger partial charge in [-0.05, 0) is 35.7 Å². The third kappa shape index (κ3) is 5.75. The Kier molecular flexibility index (Phi) is 7.82. The molecule has 2 aromatic heterocycles. The van der Waals surface area contributed by atoms with Crippen molar-refractivity contribution in [3.05, 3.63) is 53.7 Å². The quantitative estimate of drug-likeness (QED) is 0.436. The molecule has 3 heterocycles. The maximum Gasteiger partial charge on any atom is 0.230 e. The van der Waals surface area contributed by atoms with Crippen LogP contribution in [-0.2, 0) is 11.3 Å². The molecule has 8 nitrogen and oxygen atoms in total. The van der Waals surface area contributed by atoms with Gasteiger partial charge in [-0.2, -0.15) is 0 Å². The molecule has 0 saturated carbocycles. The zero-order valence-corrected chi connectivity index (χ0v) is 20.9. The van der Waals surface area contributed by atoms with Crippen molar-refractivity contribution < 1.29 is 18.7 Å². The maximum atomic E-state index is 13.0. The molecule has 1 aliphatic heterocycles. The fourth-order valence-corrected chi connectivity index (χ4v) is 4.65.